The largest absolute Gasteiger partial charge is 0.399 e. The number of benzene rings is 1. The predicted molar refractivity (Wildman–Crippen MR) is 62.0 cm³/mol. The molecule has 1 aromatic heterocycles. The van der Waals surface area contributed by atoms with Crippen LogP contribution in [0.2, 0.25) is 0 Å². The maximum absolute atomic E-state index is 11.8. The van der Waals surface area contributed by atoms with E-state index in [-0.39, 0.29) is 4.90 Å². The lowest BCUT2D eigenvalue weighted by Gasteiger charge is -2.09. The summed E-state index contributed by atoms with van der Waals surface area (Å²) in [5.41, 5.74) is 6.35. The van der Waals surface area contributed by atoms with Gasteiger partial charge >= 0.3 is 0 Å². The zero-order valence-electron chi connectivity index (χ0n) is 9.03. The number of hydrogen-bond donors (Lipinski definition) is 2. The Bertz CT molecular complexity index is 621. The molecule has 0 radical (unpaired) electrons. The topological polar surface area (TPSA) is 103 Å². The number of nitrogens with one attached hydrogen (secondary N) is 1. The molecule has 17 heavy (non-hydrogen) atoms. The van der Waals surface area contributed by atoms with E-state index in [1.165, 1.54) is 30.5 Å². The van der Waals surface area contributed by atoms with E-state index in [1.807, 2.05) is 0 Å². The van der Waals surface area contributed by atoms with Crippen molar-refractivity contribution in [3.05, 3.63) is 30.9 Å². The Morgan fingerprint density at radius 3 is 2.76 bits per heavy atom. The van der Waals surface area contributed by atoms with Crippen LogP contribution in [0.1, 0.15) is 0 Å². The van der Waals surface area contributed by atoms with Crippen LogP contribution in [0.4, 0.5) is 5.69 Å². The average molecular weight is 253 g/mol. The molecule has 0 fully saturated rings. The molecule has 0 aliphatic carbocycles. The van der Waals surface area contributed by atoms with Crippen molar-refractivity contribution in [2.45, 2.75) is 4.90 Å². The quantitative estimate of drug-likeness (QED) is 0.735. The Hall–Kier alpha value is -1.93. The van der Waals surface area contributed by atoms with Crippen LogP contribution in [0.25, 0.3) is 5.69 Å². The fraction of sp³-hybridized carbons (Fsp3) is 0.111. The van der Waals surface area contributed by atoms with Crippen LogP contribution in [-0.4, -0.2) is 30.2 Å². The lowest BCUT2D eigenvalue weighted by molar-refractivity contribution is 0.587. The van der Waals surface area contributed by atoms with E-state index in [1.54, 1.807) is 12.1 Å². The first-order valence-corrected chi connectivity index (χ1v) is 6.21. The van der Waals surface area contributed by atoms with Crippen molar-refractivity contribution in [2.75, 3.05) is 12.8 Å². The summed E-state index contributed by atoms with van der Waals surface area (Å²) < 4.78 is 27.3. The third-order valence-corrected chi connectivity index (χ3v) is 3.65. The van der Waals surface area contributed by atoms with Crippen molar-refractivity contribution >= 4 is 15.7 Å². The first-order valence-electron chi connectivity index (χ1n) is 4.72. The van der Waals surface area contributed by atoms with Gasteiger partial charge in [-0.2, -0.15) is 5.10 Å². The molecular weight excluding hydrogens is 242 g/mol. The average Bonchev–Trinajstić information content (AvgIpc) is 2.82. The molecule has 1 aromatic carbocycles. The highest BCUT2D eigenvalue weighted by atomic mass is 32.2. The van der Waals surface area contributed by atoms with E-state index >= 15 is 0 Å². The second kappa shape index (κ2) is 4.15. The minimum atomic E-state index is -3.60. The Morgan fingerprint density at radius 1 is 1.41 bits per heavy atom. The highest BCUT2D eigenvalue weighted by Gasteiger charge is 2.18. The summed E-state index contributed by atoms with van der Waals surface area (Å²) >= 11 is 0. The molecule has 1 heterocycles. The Labute approximate surface area is 98.3 Å². The smallest absolute Gasteiger partial charge is 0.242 e. The van der Waals surface area contributed by atoms with Gasteiger partial charge in [0, 0.05) is 5.69 Å². The second-order valence-electron chi connectivity index (χ2n) is 3.27. The summed E-state index contributed by atoms with van der Waals surface area (Å²) in [6.07, 6.45) is 2.74. The molecule has 90 valence electrons. The molecule has 0 unspecified atom stereocenters. The number of nitrogen functional groups attached to an aromatic ring is 1. The van der Waals surface area contributed by atoms with Crippen molar-refractivity contribution < 1.29 is 8.42 Å². The molecule has 2 rings (SSSR count). The number of sulfonamides is 1. The lowest BCUT2D eigenvalue weighted by atomic mass is 10.3. The summed E-state index contributed by atoms with van der Waals surface area (Å²) in [5, 5.41) is 3.90. The van der Waals surface area contributed by atoms with E-state index in [9.17, 15) is 8.42 Å². The molecule has 2 aromatic rings. The van der Waals surface area contributed by atoms with Crippen LogP contribution in [0.3, 0.4) is 0 Å². The number of hydrogen-bond acceptors (Lipinski definition) is 5. The monoisotopic (exact) mass is 253 g/mol. The summed E-state index contributed by atoms with van der Waals surface area (Å²) in [6.45, 7) is 0. The molecule has 0 aliphatic rings. The van der Waals surface area contributed by atoms with Crippen molar-refractivity contribution in [3.63, 3.8) is 0 Å². The van der Waals surface area contributed by atoms with Gasteiger partial charge in [0.1, 0.15) is 17.6 Å². The predicted octanol–water partition coefficient (Wildman–Crippen LogP) is -0.242. The summed E-state index contributed by atoms with van der Waals surface area (Å²) in [4.78, 5) is 3.84. The zero-order chi connectivity index (χ0) is 12.5. The number of anilines is 1. The Kier molecular flexibility index (Phi) is 2.82. The molecule has 7 nitrogen and oxygen atoms in total. The highest BCUT2D eigenvalue weighted by Crippen LogP contribution is 2.21. The number of aromatic nitrogens is 3. The standard InChI is InChI=1S/C9H11N5O2S/c1-11-17(15,16)9-4-7(10)2-3-8(9)14-6-12-5-13-14/h2-6,11H,10H2,1H3. The van der Waals surface area contributed by atoms with Gasteiger partial charge in [0.15, 0.2) is 0 Å². The molecule has 8 heteroatoms. The summed E-state index contributed by atoms with van der Waals surface area (Å²) in [6, 6.07) is 4.56. The lowest BCUT2D eigenvalue weighted by Crippen LogP contribution is -2.20. The van der Waals surface area contributed by atoms with Crippen molar-refractivity contribution in [3.8, 4) is 5.69 Å². The van der Waals surface area contributed by atoms with Crippen molar-refractivity contribution in [1.82, 2.24) is 19.5 Å². The molecule has 0 aliphatic heterocycles. The maximum atomic E-state index is 11.8. The van der Waals surface area contributed by atoms with Crippen LogP contribution >= 0.6 is 0 Å². The van der Waals surface area contributed by atoms with Gasteiger partial charge < -0.3 is 5.73 Å². The van der Waals surface area contributed by atoms with Crippen LogP contribution in [0, 0.1) is 0 Å². The van der Waals surface area contributed by atoms with Crippen molar-refractivity contribution in [2.24, 2.45) is 0 Å². The van der Waals surface area contributed by atoms with Gasteiger partial charge in [-0.05, 0) is 25.2 Å². The van der Waals surface area contributed by atoms with E-state index in [0.29, 0.717) is 11.4 Å². The summed E-state index contributed by atoms with van der Waals surface area (Å²) in [7, 11) is -2.26. The van der Waals surface area contributed by atoms with Crippen LogP contribution in [0.5, 0.6) is 0 Å². The van der Waals surface area contributed by atoms with E-state index < -0.39 is 10.0 Å². The molecule has 0 saturated carbocycles. The molecule has 0 bridgehead atoms. The SMILES string of the molecule is CNS(=O)(=O)c1cc(N)ccc1-n1cncn1. The summed E-state index contributed by atoms with van der Waals surface area (Å²) in [5.74, 6) is 0. The minimum absolute atomic E-state index is 0.0606. The highest BCUT2D eigenvalue weighted by molar-refractivity contribution is 7.89. The fourth-order valence-electron chi connectivity index (χ4n) is 1.38. The van der Waals surface area contributed by atoms with E-state index in [4.69, 9.17) is 5.73 Å². The first-order chi connectivity index (χ1) is 8.04. The normalized spacial score (nSPS) is 11.6. The van der Waals surface area contributed by atoms with Crippen molar-refractivity contribution in [1.29, 1.82) is 0 Å². The molecule has 0 amide bonds. The van der Waals surface area contributed by atoms with Gasteiger partial charge in [0.2, 0.25) is 10.0 Å². The molecular formula is C9H11N5O2S. The van der Waals surface area contributed by atoms with Gasteiger partial charge in [-0.3, -0.25) is 0 Å². The van der Waals surface area contributed by atoms with Crippen LogP contribution < -0.4 is 10.5 Å². The van der Waals surface area contributed by atoms with Crippen LogP contribution in [0.15, 0.2) is 35.7 Å². The maximum Gasteiger partial charge on any atom is 0.242 e. The third-order valence-electron chi connectivity index (χ3n) is 2.21. The van der Waals surface area contributed by atoms with Gasteiger partial charge in [0.05, 0.1) is 5.69 Å². The van der Waals surface area contributed by atoms with Gasteiger partial charge in [-0.25, -0.2) is 22.8 Å². The first kappa shape index (κ1) is 11.6. The molecule has 0 atom stereocenters. The number of rotatable bonds is 3. The fourth-order valence-corrected chi connectivity index (χ4v) is 2.33. The minimum Gasteiger partial charge on any atom is -0.399 e. The van der Waals surface area contributed by atoms with Gasteiger partial charge in [-0.1, -0.05) is 0 Å². The zero-order valence-corrected chi connectivity index (χ0v) is 9.85. The van der Waals surface area contributed by atoms with Crippen LogP contribution in [-0.2, 0) is 10.0 Å². The van der Waals surface area contributed by atoms with E-state index in [2.05, 4.69) is 14.8 Å². The Morgan fingerprint density at radius 2 is 2.18 bits per heavy atom. The molecule has 0 spiro atoms. The molecule has 0 saturated heterocycles. The number of nitrogens with two attached hydrogens (primary N) is 1. The second-order valence-corrected chi connectivity index (χ2v) is 5.13. The third kappa shape index (κ3) is 2.12. The molecule has 3 N–H and O–H groups in total. The number of nitrogens with zero attached hydrogens (tertiary/aromatic N) is 3. The van der Waals surface area contributed by atoms with E-state index in [0.717, 1.165) is 0 Å². The van der Waals surface area contributed by atoms with Gasteiger partial charge in [0.25, 0.3) is 0 Å². The Balaban J connectivity index is 2.69. The van der Waals surface area contributed by atoms with Gasteiger partial charge in [-0.15, -0.1) is 0 Å².